The summed E-state index contributed by atoms with van der Waals surface area (Å²) in [4.78, 5) is 10.4. The fraction of sp³-hybridized carbons (Fsp3) is 0.400. The summed E-state index contributed by atoms with van der Waals surface area (Å²) in [7, 11) is 0. The van der Waals surface area contributed by atoms with Gasteiger partial charge in [-0.2, -0.15) is 0 Å². The molecule has 0 saturated carbocycles. The molecule has 1 aromatic rings. The second kappa shape index (κ2) is 3.75. The van der Waals surface area contributed by atoms with Crippen LogP contribution in [0.25, 0.3) is 0 Å². The van der Waals surface area contributed by atoms with Crippen LogP contribution in [-0.2, 0) is 6.42 Å². The summed E-state index contributed by atoms with van der Waals surface area (Å²) in [6.45, 7) is 1.03. The van der Waals surface area contributed by atoms with Gasteiger partial charge in [-0.25, -0.2) is 0 Å². The molecule has 1 aromatic carbocycles. The Hall–Kier alpha value is -1.42. The van der Waals surface area contributed by atoms with E-state index in [4.69, 9.17) is 0 Å². The largest absolute Gasteiger partial charge is 0.314 e. The van der Waals surface area contributed by atoms with E-state index >= 15 is 0 Å². The van der Waals surface area contributed by atoms with Crippen LogP contribution in [0.5, 0.6) is 0 Å². The lowest BCUT2D eigenvalue weighted by molar-refractivity contribution is -0.385. The SMILES string of the molecule is O=[N+]([O-])c1ccccc1C[C@H]1CCN1. The van der Waals surface area contributed by atoms with Gasteiger partial charge in [0.05, 0.1) is 4.92 Å². The van der Waals surface area contributed by atoms with E-state index in [2.05, 4.69) is 5.32 Å². The molecule has 0 aliphatic carbocycles. The molecule has 0 radical (unpaired) electrons. The van der Waals surface area contributed by atoms with Crippen LogP contribution in [-0.4, -0.2) is 17.5 Å². The number of rotatable bonds is 3. The average molecular weight is 192 g/mol. The Bertz CT molecular complexity index is 348. The molecule has 0 bridgehead atoms. The highest BCUT2D eigenvalue weighted by molar-refractivity contribution is 5.40. The Morgan fingerprint density at radius 3 is 2.79 bits per heavy atom. The number of nitro groups is 1. The normalized spacial score (nSPS) is 20.1. The van der Waals surface area contributed by atoms with Crippen molar-refractivity contribution < 1.29 is 4.92 Å². The van der Waals surface area contributed by atoms with E-state index < -0.39 is 0 Å². The number of hydrogen-bond acceptors (Lipinski definition) is 3. The monoisotopic (exact) mass is 192 g/mol. The summed E-state index contributed by atoms with van der Waals surface area (Å²) in [5.74, 6) is 0. The third kappa shape index (κ3) is 1.75. The van der Waals surface area contributed by atoms with Gasteiger partial charge >= 0.3 is 0 Å². The second-order valence-corrected chi connectivity index (χ2v) is 3.53. The van der Waals surface area contributed by atoms with Crippen LogP contribution in [0.3, 0.4) is 0 Å². The molecule has 14 heavy (non-hydrogen) atoms. The van der Waals surface area contributed by atoms with Gasteiger partial charge in [-0.1, -0.05) is 18.2 Å². The van der Waals surface area contributed by atoms with Crippen LogP contribution >= 0.6 is 0 Å². The van der Waals surface area contributed by atoms with E-state index in [1.54, 1.807) is 12.1 Å². The molecule has 1 fully saturated rings. The number of para-hydroxylation sites is 1. The van der Waals surface area contributed by atoms with Crippen molar-refractivity contribution in [3.05, 3.63) is 39.9 Å². The standard InChI is InChI=1S/C10H12N2O2/c13-12(14)10-4-2-1-3-8(10)7-9-5-6-11-9/h1-4,9,11H,5-7H2/t9-/m1/s1. The summed E-state index contributed by atoms with van der Waals surface area (Å²) < 4.78 is 0. The van der Waals surface area contributed by atoms with Crippen molar-refractivity contribution in [1.29, 1.82) is 0 Å². The minimum absolute atomic E-state index is 0.237. The summed E-state index contributed by atoms with van der Waals surface area (Å²) in [6.07, 6.45) is 1.88. The van der Waals surface area contributed by atoms with Crippen molar-refractivity contribution in [2.24, 2.45) is 0 Å². The van der Waals surface area contributed by atoms with Gasteiger partial charge in [-0.15, -0.1) is 0 Å². The third-order valence-electron chi connectivity index (χ3n) is 2.58. The van der Waals surface area contributed by atoms with Gasteiger partial charge in [-0.3, -0.25) is 10.1 Å². The maximum atomic E-state index is 10.7. The van der Waals surface area contributed by atoms with E-state index in [0.29, 0.717) is 6.04 Å². The number of nitrogens with zero attached hydrogens (tertiary/aromatic N) is 1. The fourth-order valence-electron chi connectivity index (χ4n) is 1.65. The zero-order valence-corrected chi connectivity index (χ0v) is 7.77. The predicted molar refractivity (Wildman–Crippen MR) is 53.2 cm³/mol. The van der Waals surface area contributed by atoms with Crippen molar-refractivity contribution in [3.8, 4) is 0 Å². The molecule has 4 heteroatoms. The van der Waals surface area contributed by atoms with E-state index in [1.165, 1.54) is 0 Å². The lowest BCUT2D eigenvalue weighted by Gasteiger charge is -2.27. The molecule has 2 rings (SSSR count). The van der Waals surface area contributed by atoms with E-state index in [-0.39, 0.29) is 10.6 Å². The van der Waals surface area contributed by atoms with Crippen LogP contribution < -0.4 is 5.32 Å². The first-order chi connectivity index (χ1) is 6.77. The van der Waals surface area contributed by atoms with Crippen LogP contribution in [0.15, 0.2) is 24.3 Å². The highest BCUT2D eigenvalue weighted by Crippen LogP contribution is 2.21. The highest BCUT2D eigenvalue weighted by atomic mass is 16.6. The van der Waals surface area contributed by atoms with Gasteiger partial charge in [0.15, 0.2) is 0 Å². The molecule has 1 aliphatic heterocycles. The summed E-state index contributed by atoms with van der Waals surface area (Å²) in [5, 5.41) is 13.9. The van der Waals surface area contributed by atoms with Gasteiger partial charge < -0.3 is 5.32 Å². The average Bonchev–Trinajstić information content (AvgIpc) is 2.12. The van der Waals surface area contributed by atoms with E-state index in [9.17, 15) is 10.1 Å². The third-order valence-corrected chi connectivity index (χ3v) is 2.58. The smallest absolute Gasteiger partial charge is 0.272 e. The fourth-order valence-corrected chi connectivity index (χ4v) is 1.65. The molecule has 1 N–H and O–H groups in total. The first-order valence-corrected chi connectivity index (χ1v) is 4.73. The Morgan fingerprint density at radius 1 is 1.50 bits per heavy atom. The number of nitrogens with one attached hydrogen (secondary N) is 1. The van der Waals surface area contributed by atoms with Crippen molar-refractivity contribution in [1.82, 2.24) is 5.32 Å². The molecule has 0 spiro atoms. The zero-order valence-electron chi connectivity index (χ0n) is 7.77. The van der Waals surface area contributed by atoms with Crippen molar-refractivity contribution in [3.63, 3.8) is 0 Å². The molecule has 0 aromatic heterocycles. The molecule has 0 unspecified atom stereocenters. The molecule has 1 aliphatic rings. The maximum Gasteiger partial charge on any atom is 0.272 e. The quantitative estimate of drug-likeness (QED) is 0.583. The van der Waals surface area contributed by atoms with E-state index in [1.807, 2.05) is 12.1 Å². The topological polar surface area (TPSA) is 55.2 Å². The predicted octanol–water partition coefficient (Wildman–Crippen LogP) is 1.50. The van der Waals surface area contributed by atoms with Gasteiger partial charge in [0.25, 0.3) is 5.69 Å². The molecule has 1 saturated heterocycles. The van der Waals surface area contributed by atoms with Crippen LogP contribution in [0, 0.1) is 10.1 Å². The molecule has 0 amide bonds. The first kappa shape index (κ1) is 9.15. The van der Waals surface area contributed by atoms with Crippen molar-refractivity contribution in [2.45, 2.75) is 18.9 Å². The van der Waals surface area contributed by atoms with Crippen LogP contribution in [0.2, 0.25) is 0 Å². The van der Waals surface area contributed by atoms with Crippen molar-refractivity contribution in [2.75, 3.05) is 6.54 Å². The Labute approximate surface area is 82.1 Å². The summed E-state index contributed by atoms with van der Waals surface area (Å²) >= 11 is 0. The molecule has 4 nitrogen and oxygen atoms in total. The van der Waals surface area contributed by atoms with Gasteiger partial charge in [0, 0.05) is 17.7 Å². The van der Waals surface area contributed by atoms with Gasteiger partial charge in [-0.05, 0) is 19.4 Å². The zero-order chi connectivity index (χ0) is 9.97. The lowest BCUT2D eigenvalue weighted by atomic mass is 9.97. The van der Waals surface area contributed by atoms with Crippen LogP contribution in [0.4, 0.5) is 5.69 Å². The lowest BCUT2D eigenvalue weighted by Crippen LogP contribution is -2.44. The molecule has 1 heterocycles. The Morgan fingerprint density at radius 2 is 2.21 bits per heavy atom. The first-order valence-electron chi connectivity index (χ1n) is 4.73. The number of nitro benzene ring substituents is 1. The van der Waals surface area contributed by atoms with Crippen molar-refractivity contribution >= 4 is 5.69 Å². The minimum atomic E-state index is -0.312. The van der Waals surface area contributed by atoms with Crippen LogP contribution in [0.1, 0.15) is 12.0 Å². The Balaban J connectivity index is 2.17. The molecule has 1 atom stereocenters. The van der Waals surface area contributed by atoms with Gasteiger partial charge in [0.2, 0.25) is 0 Å². The second-order valence-electron chi connectivity index (χ2n) is 3.53. The maximum absolute atomic E-state index is 10.7. The number of hydrogen-bond donors (Lipinski definition) is 1. The Kier molecular flexibility index (Phi) is 2.45. The number of benzene rings is 1. The molecular formula is C10H12N2O2. The van der Waals surface area contributed by atoms with E-state index in [0.717, 1.165) is 24.9 Å². The molecular weight excluding hydrogens is 180 g/mol. The minimum Gasteiger partial charge on any atom is -0.314 e. The molecule has 74 valence electrons. The summed E-state index contributed by atoms with van der Waals surface area (Å²) in [6, 6.07) is 7.37. The summed E-state index contributed by atoms with van der Waals surface area (Å²) in [5.41, 5.74) is 1.07. The van der Waals surface area contributed by atoms with Gasteiger partial charge in [0.1, 0.15) is 0 Å². The highest BCUT2D eigenvalue weighted by Gasteiger charge is 2.21.